The molecule has 4 aromatic rings. The largest absolute Gasteiger partial charge is 0.497 e. The van der Waals surface area contributed by atoms with Gasteiger partial charge < -0.3 is 29.6 Å². The number of nitrogens with one attached hydrogen (secondary N) is 2. The third-order valence-corrected chi connectivity index (χ3v) is 7.76. The maximum Gasteiger partial charge on any atom is 0.286 e. The lowest BCUT2D eigenvalue weighted by Crippen LogP contribution is -2.34. The van der Waals surface area contributed by atoms with Gasteiger partial charge in [0.25, 0.3) is 11.5 Å². The van der Waals surface area contributed by atoms with Crippen LogP contribution in [0.5, 0.6) is 5.75 Å². The highest BCUT2D eigenvalue weighted by Crippen LogP contribution is 2.32. The zero-order valence-electron chi connectivity index (χ0n) is 24.3. The van der Waals surface area contributed by atoms with E-state index in [4.69, 9.17) is 19.3 Å². The predicted molar refractivity (Wildman–Crippen MR) is 160 cm³/mol. The number of allylic oxidation sites excluding steroid dienone is 1. The van der Waals surface area contributed by atoms with Gasteiger partial charge in [-0.15, -0.1) is 0 Å². The molecule has 0 spiro atoms. The Morgan fingerprint density at radius 1 is 1.19 bits per heavy atom. The summed E-state index contributed by atoms with van der Waals surface area (Å²) in [7, 11) is 3.49. The van der Waals surface area contributed by atoms with Gasteiger partial charge in [0.1, 0.15) is 5.75 Å². The van der Waals surface area contributed by atoms with Crippen molar-refractivity contribution in [3.05, 3.63) is 93.7 Å². The molecule has 3 heterocycles. The first-order valence-corrected chi connectivity index (χ1v) is 14.3. The third kappa shape index (κ3) is 6.14. The maximum absolute atomic E-state index is 13.7. The number of amides is 1. The van der Waals surface area contributed by atoms with Crippen molar-refractivity contribution in [1.29, 1.82) is 0 Å². The molecule has 0 aliphatic carbocycles. The molecule has 1 aliphatic heterocycles. The third-order valence-electron chi connectivity index (χ3n) is 7.76. The zero-order valence-corrected chi connectivity index (χ0v) is 24.3. The number of hydrogen-bond donors (Lipinski definition) is 3. The molecule has 3 N–H and O–H groups in total. The number of hydrogen-bond acceptors (Lipinski definition) is 6. The molecule has 0 saturated heterocycles. The number of methoxy groups -OCH3 is 1. The van der Waals surface area contributed by atoms with E-state index in [2.05, 4.69) is 10.3 Å². The number of unbranched alkanes of at least 4 members (excludes halogenated alkanes) is 1. The van der Waals surface area contributed by atoms with Gasteiger partial charge in [-0.25, -0.2) is 4.68 Å². The summed E-state index contributed by atoms with van der Waals surface area (Å²) in [6, 6.07) is 15.3. The van der Waals surface area contributed by atoms with Crippen LogP contribution >= 0.6 is 0 Å². The van der Waals surface area contributed by atoms with Gasteiger partial charge >= 0.3 is 0 Å². The van der Waals surface area contributed by atoms with Crippen LogP contribution in [0.1, 0.15) is 42.0 Å². The molecule has 10 heteroatoms. The number of benzene rings is 2. The Balaban J connectivity index is 1.36. The molecule has 0 radical (unpaired) electrons. The number of fused-ring (bicyclic) bond motifs is 1. The van der Waals surface area contributed by atoms with Gasteiger partial charge in [-0.05, 0) is 68.2 Å². The topological polar surface area (TPSA) is 120 Å². The Labute approximate surface area is 244 Å². The molecule has 222 valence electrons. The van der Waals surface area contributed by atoms with E-state index in [1.807, 2.05) is 73.4 Å². The molecular formula is C32H38N4O6. The number of rotatable bonds is 12. The number of para-hydroxylation sites is 1. The fraction of sp³-hybridized carbons (Fsp3) is 0.375. The van der Waals surface area contributed by atoms with E-state index < -0.39 is 6.29 Å². The number of carbonyl (C=O) groups excluding carboxylic acids is 1. The van der Waals surface area contributed by atoms with Crippen molar-refractivity contribution in [3.8, 4) is 11.4 Å². The van der Waals surface area contributed by atoms with Gasteiger partial charge in [0, 0.05) is 60.9 Å². The van der Waals surface area contributed by atoms with Crippen LogP contribution in [0, 0.1) is 6.92 Å². The maximum atomic E-state index is 13.7. The summed E-state index contributed by atoms with van der Waals surface area (Å²) in [6.45, 7) is 2.75. The van der Waals surface area contributed by atoms with Crippen LogP contribution < -0.4 is 15.6 Å². The highest BCUT2D eigenvalue weighted by atomic mass is 16.7. The van der Waals surface area contributed by atoms with Crippen LogP contribution in [0.4, 0.5) is 0 Å². The van der Waals surface area contributed by atoms with Gasteiger partial charge in [0.2, 0.25) is 6.29 Å². The SMILES string of the molecule is COc1ccc2[nH]cc(CCNC(=O)C3=C[C@H](c4c(C)n(C)n(-c5ccccc5)c4=O)C[C@H](OCCCCO)O3)c2c1. The quantitative estimate of drug-likeness (QED) is 0.221. The minimum atomic E-state index is -0.704. The molecule has 0 fully saturated rings. The highest BCUT2D eigenvalue weighted by Gasteiger charge is 2.33. The van der Waals surface area contributed by atoms with Crippen molar-refractivity contribution in [2.45, 2.75) is 44.8 Å². The number of aromatic amines is 1. The summed E-state index contributed by atoms with van der Waals surface area (Å²) < 4.78 is 20.8. The molecular weight excluding hydrogens is 536 g/mol. The Morgan fingerprint density at radius 2 is 2.00 bits per heavy atom. The first-order chi connectivity index (χ1) is 20.4. The van der Waals surface area contributed by atoms with Crippen molar-refractivity contribution < 1.29 is 24.1 Å². The van der Waals surface area contributed by atoms with E-state index in [1.54, 1.807) is 17.9 Å². The average Bonchev–Trinajstić information content (AvgIpc) is 3.51. The van der Waals surface area contributed by atoms with Gasteiger partial charge in [0.15, 0.2) is 5.76 Å². The van der Waals surface area contributed by atoms with Crippen molar-refractivity contribution in [1.82, 2.24) is 19.7 Å². The minimum absolute atomic E-state index is 0.0799. The lowest BCUT2D eigenvalue weighted by Gasteiger charge is -2.29. The van der Waals surface area contributed by atoms with Crippen LogP contribution in [0.2, 0.25) is 0 Å². The normalized spacial score (nSPS) is 16.7. The summed E-state index contributed by atoms with van der Waals surface area (Å²) in [5.74, 6) is 0.157. The number of nitrogens with zero attached hydrogens (tertiary/aromatic N) is 2. The van der Waals surface area contributed by atoms with Gasteiger partial charge in [-0.1, -0.05) is 18.2 Å². The first kappa shape index (κ1) is 29.2. The van der Waals surface area contributed by atoms with E-state index in [-0.39, 0.29) is 29.8 Å². The molecule has 2 aromatic carbocycles. The highest BCUT2D eigenvalue weighted by molar-refractivity contribution is 5.92. The molecule has 2 aromatic heterocycles. The molecule has 0 saturated carbocycles. The number of aliphatic hydroxyl groups is 1. The number of aliphatic hydroxyl groups excluding tert-OH is 1. The molecule has 0 unspecified atom stereocenters. The summed E-state index contributed by atoms with van der Waals surface area (Å²) in [5.41, 5.74) is 4.09. The van der Waals surface area contributed by atoms with Gasteiger partial charge in [0.05, 0.1) is 19.4 Å². The van der Waals surface area contributed by atoms with Crippen LogP contribution in [-0.2, 0) is 27.7 Å². The standard InChI is InChI=1S/C32H38N4O6/c1-21-30(32(39)36(35(21)2)24-9-5-4-6-10-24)23-17-28(42-29(18-23)41-16-8-7-15-37)31(38)33-14-13-22-20-34-27-12-11-25(40-3)19-26(22)27/h4-6,9-12,17,19-20,23,29,34,37H,7-8,13-16,18H2,1-3H3,(H,33,38)/t23-,29+/m0/s1. The summed E-state index contributed by atoms with van der Waals surface area (Å²) in [4.78, 5) is 30.3. The number of ether oxygens (including phenoxy) is 3. The van der Waals surface area contributed by atoms with Crippen molar-refractivity contribution in [2.24, 2.45) is 7.05 Å². The smallest absolute Gasteiger partial charge is 0.286 e. The molecule has 1 aliphatic rings. The van der Waals surface area contributed by atoms with Crippen LogP contribution in [-0.4, -0.2) is 58.5 Å². The average molecular weight is 575 g/mol. The van der Waals surface area contributed by atoms with E-state index in [0.717, 1.165) is 33.6 Å². The Hall–Kier alpha value is -4.28. The van der Waals surface area contributed by atoms with E-state index in [0.29, 0.717) is 44.4 Å². The predicted octanol–water partition coefficient (Wildman–Crippen LogP) is 3.84. The van der Waals surface area contributed by atoms with Crippen LogP contribution in [0.15, 0.2) is 71.4 Å². The second kappa shape index (κ2) is 13.1. The van der Waals surface area contributed by atoms with E-state index in [9.17, 15) is 9.59 Å². The summed E-state index contributed by atoms with van der Waals surface area (Å²) >= 11 is 0. The zero-order chi connectivity index (χ0) is 29.6. The van der Waals surface area contributed by atoms with Crippen molar-refractivity contribution in [3.63, 3.8) is 0 Å². The van der Waals surface area contributed by atoms with Crippen molar-refractivity contribution in [2.75, 3.05) is 26.9 Å². The number of H-pyrrole nitrogens is 1. The second-order valence-electron chi connectivity index (χ2n) is 10.4. The number of aromatic nitrogens is 3. The lowest BCUT2D eigenvalue weighted by atomic mass is 9.93. The fourth-order valence-corrected chi connectivity index (χ4v) is 5.45. The van der Waals surface area contributed by atoms with Crippen LogP contribution in [0.25, 0.3) is 16.6 Å². The Morgan fingerprint density at radius 3 is 2.76 bits per heavy atom. The molecule has 10 nitrogen and oxygen atoms in total. The first-order valence-electron chi connectivity index (χ1n) is 14.3. The van der Waals surface area contributed by atoms with E-state index >= 15 is 0 Å². The lowest BCUT2D eigenvalue weighted by molar-refractivity contribution is -0.146. The molecule has 1 amide bonds. The summed E-state index contributed by atoms with van der Waals surface area (Å²) in [6.07, 6.45) is 5.24. The molecule has 0 bridgehead atoms. The molecule has 42 heavy (non-hydrogen) atoms. The Kier molecular flexibility index (Phi) is 9.14. The number of carbonyl (C=O) groups is 1. The monoisotopic (exact) mass is 574 g/mol. The second-order valence-corrected chi connectivity index (χ2v) is 10.4. The van der Waals surface area contributed by atoms with E-state index in [1.165, 1.54) is 0 Å². The fourth-order valence-electron chi connectivity index (χ4n) is 5.45. The van der Waals surface area contributed by atoms with Gasteiger partial charge in [-0.2, -0.15) is 0 Å². The summed E-state index contributed by atoms with van der Waals surface area (Å²) in [5, 5.41) is 13.1. The Bertz CT molecular complexity index is 1620. The van der Waals surface area contributed by atoms with Gasteiger partial charge in [-0.3, -0.25) is 14.3 Å². The molecule has 5 rings (SSSR count). The van der Waals surface area contributed by atoms with Crippen molar-refractivity contribution >= 4 is 16.8 Å². The minimum Gasteiger partial charge on any atom is -0.497 e. The van der Waals surface area contributed by atoms with Crippen LogP contribution in [0.3, 0.4) is 0 Å². The molecule has 2 atom stereocenters.